The largest absolute Gasteiger partial charge is 0.680 e. The first-order valence-corrected chi connectivity index (χ1v) is 7.08. The molecule has 0 heterocycles. The predicted octanol–water partition coefficient (Wildman–Crippen LogP) is 1.24. The van der Waals surface area contributed by atoms with Gasteiger partial charge in [-0.15, -0.1) is 0 Å². The Hall–Kier alpha value is 0.0169. The molecule has 1 atom stereocenters. The fourth-order valence-electron chi connectivity index (χ4n) is 1.04. The van der Waals surface area contributed by atoms with Crippen molar-refractivity contribution in [3.8, 4) is 0 Å². The molecule has 0 aliphatic heterocycles. The van der Waals surface area contributed by atoms with E-state index in [-0.39, 0.29) is 0 Å². The molecule has 0 spiro atoms. The van der Waals surface area contributed by atoms with E-state index in [1.807, 2.05) is 20.8 Å². The molecule has 2 N–H and O–H groups in total. The van der Waals surface area contributed by atoms with Crippen LogP contribution in [0.3, 0.4) is 0 Å². The number of nitrogens with two attached hydrogens (primary N) is 1. The van der Waals surface area contributed by atoms with Gasteiger partial charge in [0.1, 0.15) is 0 Å². The maximum absolute atomic E-state index is 5.58. The van der Waals surface area contributed by atoms with Crippen molar-refractivity contribution in [2.24, 2.45) is 5.73 Å². The van der Waals surface area contributed by atoms with Crippen molar-refractivity contribution in [3.05, 3.63) is 0 Å². The summed E-state index contributed by atoms with van der Waals surface area (Å²) in [6.07, 6.45) is 0.434. The van der Waals surface area contributed by atoms with Gasteiger partial charge in [0.05, 0.1) is 6.23 Å². The highest BCUT2D eigenvalue weighted by Gasteiger charge is 2.46. The Kier molecular flexibility index (Phi) is 8.21. The van der Waals surface area contributed by atoms with Crippen molar-refractivity contribution in [1.82, 2.24) is 0 Å². The quantitative estimate of drug-likeness (QED) is 0.483. The molecule has 0 aromatic carbocycles. The topological polar surface area (TPSA) is 62.9 Å². The second-order valence-corrected chi connectivity index (χ2v) is 5.14. The Morgan fingerprint density at radius 2 is 1.60 bits per heavy atom. The van der Waals surface area contributed by atoms with Crippen LogP contribution in [0.5, 0.6) is 0 Å². The highest BCUT2D eigenvalue weighted by Crippen LogP contribution is 2.13. The molecule has 0 aromatic heterocycles. The van der Waals surface area contributed by atoms with E-state index in [2.05, 4.69) is 0 Å². The average molecular weight is 237 g/mol. The van der Waals surface area contributed by atoms with Gasteiger partial charge in [0.2, 0.25) is 0 Å². The summed E-state index contributed by atoms with van der Waals surface area (Å²) in [5.41, 5.74) is 5.58. The van der Waals surface area contributed by atoms with Crippen LogP contribution >= 0.6 is 0 Å². The van der Waals surface area contributed by atoms with E-state index in [1.54, 1.807) is 6.92 Å². The Labute approximate surface area is 93.3 Å². The van der Waals surface area contributed by atoms with Gasteiger partial charge in [-0.05, 0) is 27.2 Å². The number of hydrogen-bond acceptors (Lipinski definition) is 5. The van der Waals surface area contributed by atoms with E-state index in [0.717, 1.165) is 6.42 Å². The summed E-state index contributed by atoms with van der Waals surface area (Å²) in [5, 5.41) is 0. The monoisotopic (exact) mass is 237 g/mol. The lowest BCUT2D eigenvalue weighted by molar-refractivity contribution is -0.0471. The molecule has 0 saturated carbocycles. The fourth-order valence-corrected chi connectivity index (χ4v) is 3.11. The minimum atomic E-state index is -3.00. The lowest BCUT2D eigenvalue weighted by Gasteiger charge is -2.28. The molecule has 0 aromatic rings. The lowest BCUT2D eigenvalue weighted by Crippen LogP contribution is -2.52. The summed E-state index contributed by atoms with van der Waals surface area (Å²) in [4.78, 5) is 0. The highest BCUT2D eigenvalue weighted by molar-refractivity contribution is 6.53. The maximum atomic E-state index is 5.58. The minimum Gasteiger partial charge on any atom is -0.351 e. The average Bonchev–Trinajstić information content (AvgIpc) is 2.14. The third-order valence-corrected chi connectivity index (χ3v) is 3.96. The van der Waals surface area contributed by atoms with Crippen LogP contribution in [0.25, 0.3) is 0 Å². The van der Waals surface area contributed by atoms with Gasteiger partial charge >= 0.3 is 9.05 Å². The highest BCUT2D eigenvalue weighted by atomic mass is 28.4. The predicted molar refractivity (Wildman–Crippen MR) is 60.0 cm³/mol. The van der Waals surface area contributed by atoms with Gasteiger partial charge in [-0.25, -0.2) is 0 Å². The van der Waals surface area contributed by atoms with Crippen molar-refractivity contribution < 1.29 is 17.7 Å². The molecule has 0 radical (unpaired) electrons. The molecule has 15 heavy (non-hydrogen) atoms. The van der Waals surface area contributed by atoms with Gasteiger partial charge in [0.25, 0.3) is 0 Å². The number of rotatable bonds is 9. The normalized spacial score (nSPS) is 14.2. The second kappa shape index (κ2) is 8.20. The van der Waals surface area contributed by atoms with Crippen molar-refractivity contribution >= 4 is 9.05 Å². The molecule has 5 nitrogen and oxygen atoms in total. The van der Waals surface area contributed by atoms with Crippen molar-refractivity contribution in [3.63, 3.8) is 0 Å². The Bertz CT molecular complexity index is 151. The smallest absolute Gasteiger partial charge is 0.351 e. The van der Waals surface area contributed by atoms with Gasteiger partial charge in [0.15, 0.2) is 0 Å². The molecule has 0 aliphatic rings. The van der Waals surface area contributed by atoms with E-state index < -0.39 is 15.3 Å². The van der Waals surface area contributed by atoms with Gasteiger partial charge in [-0.2, -0.15) is 0 Å². The minimum absolute atomic E-state index is 0.452. The van der Waals surface area contributed by atoms with E-state index >= 15 is 0 Å². The molecular weight excluding hydrogens is 214 g/mol. The SMILES string of the molecule is CCCO[Si](OCC)(OCC)OC(C)N. The van der Waals surface area contributed by atoms with Crippen LogP contribution < -0.4 is 5.73 Å². The lowest BCUT2D eigenvalue weighted by atomic mass is 10.5. The third-order valence-electron chi connectivity index (χ3n) is 1.46. The first-order chi connectivity index (χ1) is 7.10. The Morgan fingerprint density at radius 1 is 1.07 bits per heavy atom. The first-order valence-electron chi connectivity index (χ1n) is 5.45. The summed E-state index contributed by atoms with van der Waals surface area (Å²) in [6.45, 7) is 9.03. The van der Waals surface area contributed by atoms with E-state index in [4.69, 9.17) is 23.4 Å². The van der Waals surface area contributed by atoms with Crippen molar-refractivity contribution in [1.29, 1.82) is 0 Å². The standard InChI is InChI=1S/C9H23NO4Si/c1-5-8-13-15(11-6-2,12-7-3)14-9(4)10/h9H,5-8,10H2,1-4H3. The second-order valence-electron chi connectivity index (χ2n) is 3.04. The van der Waals surface area contributed by atoms with Gasteiger partial charge in [0, 0.05) is 19.8 Å². The fraction of sp³-hybridized carbons (Fsp3) is 1.00. The molecule has 0 fully saturated rings. The Morgan fingerprint density at radius 3 is 1.93 bits per heavy atom. The molecule has 1 unspecified atom stereocenters. The zero-order valence-electron chi connectivity index (χ0n) is 10.1. The molecule has 0 bridgehead atoms. The molecule has 0 saturated heterocycles. The zero-order valence-corrected chi connectivity index (χ0v) is 11.1. The molecule has 0 rings (SSSR count). The maximum Gasteiger partial charge on any atom is 0.680 e. The summed E-state index contributed by atoms with van der Waals surface area (Å²) < 4.78 is 22.0. The summed E-state index contributed by atoms with van der Waals surface area (Å²) in [7, 11) is -3.00. The van der Waals surface area contributed by atoms with E-state index in [0.29, 0.717) is 19.8 Å². The van der Waals surface area contributed by atoms with Crippen LogP contribution in [0.2, 0.25) is 0 Å². The van der Waals surface area contributed by atoms with E-state index in [9.17, 15) is 0 Å². The molecule has 92 valence electrons. The van der Waals surface area contributed by atoms with Crippen LogP contribution in [0.1, 0.15) is 34.1 Å². The van der Waals surface area contributed by atoms with Crippen LogP contribution in [0.4, 0.5) is 0 Å². The summed E-state index contributed by atoms with van der Waals surface area (Å²) in [5.74, 6) is 0. The van der Waals surface area contributed by atoms with Crippen LogP contribution in [-0.4, -0.2) is 35.1 Å². The summed E-state index contributed by atoms with van der Waals surface area (Å²) in [6, 6.07) is 0. The van der Waals surface area contributed by atoms with Gasteiger partial charge in [-0.3, -0.25) is 0 Å². The third kappa shape index (κ3) is 6.24. The van der Waals surface area contributed by atoms with Crippen LogP contribution in [-0.2, 0) is 17.7 Å². The molecule has 0 aliphatic carbocycles. The molecule has 6 heteroatoms. The van der Waals surface area contributed by atoms with Gasteiger partial charge in [-0.1, -0.05) is 6.92 Å². The summed E-state index contributed by atoms with van der Waals surface area (Å²) >= 11 is 0. The first kappa shape index (κ1) is 15.0. The Balaban J connectivity index is 4.40. The van der Waals surface area contributed by atoms with Crippen molar-refractivity contribution in [2.75, 3.05) is 19.8 Å². The van der Waals surface area contributed by atoms with Crippen LogP contribution in [0, 0.1) is 0 Å². The number of hydrogen-bond donors (Lipinski definition) is 1. The zero-order chi connectivity index (χ0) is 11.7. The van der Waals surface area contributed by atoms with Crippen molar-refractivity contribution in [2.45, 2.75) is 40.3 Å². The molecule has 0 amide bonds. The molecular formula is C9H23NO4Si. The van der Waals surface area contributed by atoms with Gasteiger partial charge < -0.3 is 23.4 Å². The van der Waals surface area contributed by atoms with E-state index in [1.165, 1.54) is 0 Å². The van der Waals surface area contributed by atoms with Crippen LogP contribution in [0.15, 0.2) is 0 Å².